The van der Waals surface area contributed by atoms with Crippen molar-refractivity contribution in [2.45, 2.75) is 13.0 Å². The highest BCUT2D eigenvalue weighted by molar-refractivity contribution is 5.78. The normalized spacial score (nSPS) is 15.9. The molecule has 1 aliphatic heterocycles. The van der Waals surface area contributed by atoms with E-state index in [1.165, 1.54) is 11.6 Å². The van der Waals surface area contributed by atoms with Crippen LogP contribution in [0.25, 0.3) is 0 Å². The van der Waals surface area contributed by atoms with Crippen LogP contribution in [0.15, 0.2) is 54.6 Å². The van der Waals surface area contributed by atoms with Crippen LogP contribution in [-0.2, 0) is 4.79 Å². The first kappa shape index (κ1) is 17.4. The predicted molar refractivity (Wildman–Crippen MR) is 98.1 cm³/mol. The molecule has 4 nitrogen and oxygen atoms in total. The van der Waals surface area contributed by atoms with E-state index in [1.54, 1.807) is 12.1 Å². The molecule has 1 fully saturated rings. The van der Waals surface area contributed by atoms with Crippen molar-refractivity contribution in [3.63, 3.8) is 0 Å². The standard InChI is InChI=1S/C20H24FN3O/c1-16(17-7-3-2-4-8-17)22-15-20(25)24-13-11-23(12-14-24)19-10-6-5-9-18(19)21/h2-10,16,22H,11-15H2,1H3. The van der Waals surface area contributed by atoms with E-state index >= 15 is 0 Å². The third kappa shape index (κ3) is 4.37. The summed E-state index contributed by atoms with van der Waals surface area (Å²) in [4.78, 5) is 16.3. The second-order valence-electron chi connectivity index (χ2n) is 6.33. The topological polar surface area (TPSA) is 35.6 Å². The maximum absolute atomic E-state index is 13.9. The van der Waals surface area contributed by atoms with Crippen molar-refractivity contribution in [2.24, 2.45) is 0 Å². The summed E-state index contributed by atoms with van der Waals surface area (Å²) in [5.41, 5.74) is 1.78. The number of benzene rings is 2. The molecule has 1 aliphatic rings. The lowest BCUT2D eigenvalue weighted by atomic mass is 10.1. The number of carbonyl (C=O) groups is 1. The molecule has 1 heterocycles. The molecule has 2 aromatic rings. The number of anilines is 1. The Hall–Kier alpha value is -2.40. The van der Waals surface area contributed by atoms with Crippen molar-refractivity contribution in [3.05, 3.63) is 66.0 Å². The SMILES string of the molecule is CC(NCC(=O)N1CCN(c2ccccc2F)CC1)c1ccccc1. The molecule has 0 radical (unpaired) electrons. The Labute approximate surface area is 148 Å². The first-order chi connectivity index (χ1) is 12.1. The zero-order valence-corrected chi connectivity index (χ0v) is 14.5. The molecule has 0 saturated carbocycles. The van der Waals surface area contributed by atoms with E-state index in [4.69, 9.17) is 0 Å². The molecular formula is C20H24FN3O. The number of rotatable bonds is 5. The smallest absolute Gasteiger partial charge is 0.236 e. The highest BCUT2D eigenvalue weighted by Gasteiger charge is 2.22. The number of hydrogen-bond acceptors (Lipinski definition) is 3. The largest absolute Gasteiger partial charge is 0.366 e. The van der Waals surface area contributed by atoms with Crippen molar-refractivity contribution in [1.82, 2.24) is 10.2 Å². The fourth-order valence-electron chi connectivity index (χ4n) is 3.12. The van der Waals surface area contributed by atoms with Crippen molar-refractivity contribution in [3.8, 4) is 0 Å². The Balaban J connectivity index is 1.48. The third-order valence-electron chi connectivity index (χ3n) is 4.68. The minimum Gasteiger partial charge on any atom is -0.366 e. The van der Waals surface area contributed by atoms with Crippen LogP contribution >= 0.6 is 0 Å². The molecule has 3 rings (SSSR count). The summed E-state index contributed by atoms with van der Waals surface area (Å²) >= 11 is 0. The summed E-state index contributed by atoms with van der Waals surface area (Å²) in [6.45, 7) is 4.92. The van der Waals surface area contributed by atoms with E-state index < -0.39 is 0 Å². The van der Waals surface area contributed by atoms with E-state index in [1.807, 2.05) is 34.1 Å². The number of carbonyl (C=O) groups excluding carboxylic acids is 1. The van der Waals surface area contributed by atoms with Crippen LogP contribution in [0.3, 0.4) is 0 Å². The third-order valence-corrected chi connectivity index (χ3v) is 4.68. The lowest BCUT2D eigenvalue weighted by Gasteiger charge is -2.36. The van der Waals surface area contributed by atoms with E-state index in [0.717, 1.165) is 0 Å². The number of para-hydroxylation sites is 1. The molecule has 2 aromatic carbocycles. The lowest BCUT2D eigenvalue weighted by molar-refractivity contribution is -0.130. The van der Waals surface area contributed by atoms with Gasteiger partial charge in [-0.1, -0.05) is 42.5 Å². The van der Waals surface area contributed by atoms with Crippen LogP contribution in [0.4, 0.5) is 10.1 Å². The number of piperazine rings is 1. The molecule has 1 atom stereocenters. The van der Waals surface area contributed by atoms with Gasteiger partial charge in [-0.25, -0.2) is 4.39 Å². The molecule has 0 spiro atoms. The molecule has 0 aliphatic carbocycles. The Morgan fingerprint density at radius 3 is 2.36 bits per heavy atom. The fraction of sp³-hybridized carbons (Fsp3) is 0.350. The first-order valence-corrected chi connectivity index (χ1v) is 8.71. The summed E-state index contributed by atoms with van der Waals surface area (Å²) in [5, 5.41) is 3.28. The Morgan fingerprint density at radius 1 is 1.04 bits per heavy atom. The molecule has 1 amide bonds. The molecular weight excluding hydrogens is 317 g/mol. The average molecular weight is 341 g/mol. The molecule has 0 bridgehead atoms. The van der Waals surface area contributed by atoms with Gasteiger partial charge in [0.05, 0.1) is 12.2 Å². The van der Waals surface area contributed by atoms with Gasteiger partial charge in [-0.15, -0.1) is 0 Å². The minimum atomic E-state index is -0.208. The molecule has 132 valence electrons. The van der Waals surface area contributed by atoms with Crippen molar-refractivity contribution >= 4 is 11.6 Å². The second-order valence-corrected chi connectivity index (χ2v) is 6.33. The number of halogens is 1. The Morgan fingerprint density at radius 2 is 1.68 bits per heavy atom. The molecule has 1 unspecified atom stereocenters. The zero-order chi connectivity index (χ0) is 17.6. The van der Waals surface area contributed by atoms with Gasteiger partial charge in [-0.3, -0.25) is 4.79 Å². The molecule has 25 heavy (non-hydrogen) atoms. The van der Waals surface area contributed by atoms with E-state index in [-0.39, 0.29) is 17.8 Å². The maximum Gasteiger partial charge on any atom is 0.236 e. The summed E-state index contributed by atoms with van der Waals surface area (Å²) < 4.78 is 13.9. The monoisotopic (exact) mass is 341 g/mol. The summed E-state index contributed by atoms with van der Waals surface area (Å²) in [5.74, 6) is -0.114. The zero-order valence-electron chi connectivity index (χ0n) is 14.5. The summed E-state index contributed by atoms with van der Waals surface area (Å²) in [7, 11) is 0. The molecule has 1 N–H and O–H groups in total. The summed E-state index contributed by atoms with van der Waals surface area (Å²) in [6.07, 6.45) is 0. The van der Waals surface area contributed by atoms with Crippen molar-refractivity contribution in [1.29, 1.82) is 0 Å². The van der Waals surface area contributed by atoms with Gasteiger partial charge in [0, 0.05) is 32.2 Å². The quantitative estimate of drug-likeness (QED) is 0.908. The van der Waals surface area contributed by atoms with Crippen LogP contribution in [-0.4, -0.2) is 43.5 Å². The van der Waals surface area contributed by atoms with Gasteiger partial charge >= 0.3 is 0 Å². The van der Waals surface area contributed by atoms with Gasteiger partial charge in [-0.05, 0) is 24.6 Å². The summed E-state index contributed by atoms with van der Waals surface area (Å²) in [6, 6.07) is 17.0. The maximum atomic E-state index is 13.9. The number of nitrogens with one attached hydrogen (secondary N) is 1. The average Bonchev–Trinajstić information content (AvgIpc) is 2.67. The van der Waals surface area contributed by atoms with Crippen molar-refractivity contribution < 1.29 is 9.18 Å². The van der Waals surface area contributed by atoms with Crippen LogP contribution < -0.4 is 10.2 Å². The predicted octanol–water partition coefficient (Wildman–Crippen LogP) is 2.83. The molecule has 0 aromatic heterocycles. The van der Waals surface area contributed by atoms with E-state index in [2.05, 4.69) is 24.4 Å². The highest BCUT2D eigenvalue weighted by Crippen LogP contribution is 2.20. The van der Waals surface area contributed by atoms with Crippen LogP contribution in [0.1, 0.15) is 18.5 Å². The van der Waals surface area contributed by atoms with Crippen LogP contribution in [0, 0.1) is 5.82 Å². The first-order valence-electron chi connectivity index (χ1n) is 8.71. The van der Waals surface area contributed by atoms with Crippen molar-refractivity contribution in [2.75, 3.05) is 37.6 Å². The van der Waals surface area contributed by atoms with Crippen LogP contribution in [0.5, 0.6) is 0 Å². The van der Waals surface area contributed by atoms with Gasteiger partial charge in [0.25, 0.3) is 0 Å². The van der Waals surface area contributed by atoms with Gasteiger partial charge in [-0.2, -0.15) is 0 Å². The van der Waals surface area contributed by atoms with Gasteiger partial charge in [0.15, 0.2) is 0 Å². The highest BCUT2D eigenvalue weighted by atomic mass is 19.1. The van der Waals surface area contributed by atoms with E-state index in [0.29, 0.717) is 38.4 Å². The minimum absolute atomic E-state index is 0.0935. The molecule has 1 saturated heterocycles. The van der Waals surface area contributed by atoms with Gasteiger partial charge in [0.2, 0.25) is 5.91 Å². The van der Waals surface area contributed by atoms with Gasteiger partial charge < -0.3 is 15.1 Å². The number of hydrogen-bond donors (Lipinski definition) is 1. The van der Waals surface area contributed by atoms with Crippen LogP contribution in [0.2, 0.25) is 0 Å². The Kier molecular flexibility index (Phi) is 5.66. The number of amides is 1. The molecule has 5 heteroatoms. The second kappa shape index (κ2) is 8.12. The van der Waals surface area contributed by atoms with E-state index in [9.17, 15) is 9.18 Å². The fourth-order valence-corrected chi connectivity index (χ4v) is 3.12. The Bertz CT molecular complexity index is 699. The van der Waals surface area contributed by atoms with Gasteiger partial charge in [0.1, 0.15) is 5.82 Å². The number of nitrogens with zero attached hydrogens (tertiary/aromatic N) is 2. The lowest BCUT2D eigenvalue weighted by Crippen LogP contribution is -2.51.